The second-order valence-corrected chi connectivity index (χ2v) is 5.56. The van der Waals surface area contributed by atoms with Crippen LogP contribution in [-0.4, -0.2) is 32.7 Å². The van der Waals surface area contributed by atoms with Gasteiger partial charge in [-0.3, -0.25) is 9.48 Å². The number of nitrogens with two attached hydrogens (primary N) is 1. The summed E-state index contributed by atoms with van der Waals surface area (Å²) in [5, 5.41) is 4.31. The molecule has 5 heteroatoms. The van der Waals surface area contributed by atoms with Crippen LogP contribution in [0, 0.1) is 0 Å². The molecule has 1 aromatic rings. The average molecular weight is 250 g/mol. The van der Waals surface area contributed by atoms with E-state index >= 15 is 0 Å². The fraction of sp³-hybridized carbons (Fsp3) is 0.692. The van der Waals surface area contributed by atoms with Crippen LogP contribution >= 0.6 is 0 Å². The van der Waals surface area contributed by atoms with Gasteiger partial charge in [0.1, 0.15) is 5.69 Å². The highest BCUT2D eigenvalue weighted by atomic mass is 16.2. The van der Waals surface area contributed by atoms with Crippen LogP contribution in [0.15, 0.2) is 0 Å². The number of aromatic nitrogens is 2. The number of nitrogen functional groups attached to an aromatic ring is 1. The van der Waals surface area contributed by atoms with Gasteiger partial charge in [0.15, 0.2) is 0 Å². The van der Waals surface area contributed by atoms with Gasteiger partial charge in [-0.05, 0) is 33.1 Å². The molecule has 0 radical (unpaired) electrons. The molecule has 0 saturated carbocycles. The van der Waals surface area contributed by atoms with Crippen molar-refractivity contribution in [2.75, 3.05) is 12.3 Å². The van der Waals surface area contributed by atoms with Crippen molar-refractivity contribution in [1.82, 2.24) is 14.7 Å². The predicted octanol–water partition coefficient (Wildman–Crippen LogP) is 1.58. The third kappa shape index (κ3) is 1.87. The zero-order valence-electron chi connectivity index (χ0n) is 11.7. The zero-order valence-corrected chi connectivity index (χ0v) is 11.7. The molecule has 0 aromatic carbocycles. The van der Waals surface area contributed by atoms with Gasteiger partial charge in [-0.15, -0.1) is 0 Å². The first-order valence-corrected chi connectivity index (χ1v) is 6.51. The van der Waals surface area contributed by atoms with Crippen molar-refractivity contribution < 1.29 is 4.79 Å². The van der Waals surface area contributed by atoms with E-state index in [0.717, 1.165) is 31.5 Å². The van der Waals surface area contributed by atoms with E-state index in [1.807, 2.05) is 11.8 Å². The SMILES string of the molecule is CCc1nn(C)c(C(=O)N2CCCC2(C)C)c1N. The van der Waals surface area contributed by atoms with Crippen LogP contribution < -0.4 is 5.73 Å². The Kier molecular flexibility index (Phi) is 3.09. The molecule has 100 valence electrons. The Balaban J connectivity index is 2.38. The Morgan fingerprint density at radius 1 is 1.50 bits per heavy atom. The normalized spacial score (nSPS) is 18.3. The summed E-state index contributed by atoms with van der Waals surface area (Å²) >= 11 is 0. The molecule has 1 aliphatic heterocycles. The third-order valence-electron chi connectivity index (χ3n) is 3.84. The van der Waals surface area contributed by atoms with E-state index in [9.17, 15) is 4.79 Å². The highest BCUT2D eigenvalue weighted by Gasteiger charge is 2.37. The summed E-state index contributed by atoms with van der Waals surface area (Å²) in [6, 6.07) is 0. The summed E-state index contributed by atoms with van der Waals surface area (Å²) < 4.78 is 1.62. The van der Waals surface area contributed by atoms with E-state index in [1.54, 1.807) is 11.7 Å². The van der Waals surface area contributed by atoms with Gasteiger partial charge in [0.05, 0.1) is 11.4 Å². The summed E-state index contributed by atoms with van der Waals surface area (Å²) in [4.78, 5) is 14.5. The first kappa shape index (κ1) is 12.9. The lowest BCUT2D eigenvalue weighted by Crippen LogP contribution is -2.43. The minimum Gasteiger partial charge on any atom is -0.395 e. The molecule has 0 bridgehead atoms. The molecule has 0 unspecified atom stereocenters. The van der Waals surface area contributed by atoms with E-state index in [2.05, 4.69) is 18.9 Å². The van der Waals surface area contributed by atoms with Gasteiger partial charge in [0.25, 0.3) is 5.91 Å². The van der Waals surface area contributed by atoms with Gasteiger partial charge in [-0.1, -0.05) is 6.92 Å². The molecule has 0 atom stereocenters. The molecule has 2 N–H and O–H groups in total. The topological polar surface area (TPSA) is 64.2 Å². The van der Waals surface area contributed by atoms with E-state index in [4.69, 9.17) is 5.73 Å². The largest absolute Gasteiger partial charge is 0.395 e. The van der Waals surface area contributed by atoms with Crippen molar-refractivity contribution in [2.24, 2.45) is 7.05 Å². The maximum atomic E-state index is 12.6. The third-order valence-corrected chi connectivity index (χ3v) is 3.84. The molecule has 2 heterocycles. The summed E-state index contributed by atoms with van der Waals surface area (Å²) in [7, 11) is 1.78. The second kappa shape index (κ2) is 4.30. The van der Waals surface area contributed by atoms with Gasteiger partial charge >= 0.3 is 0 Å². The van der Waals surface area contributed by atoms with E-state index in [-0.39, 0.29) is 11.4 Å². The lowest BCUT2D eigenvalue weighted by Gasteiger charge is -2.31. The highest BCUT2D eigenvalue weighted by Crippen LogP contribution is 2.31. The number of anilines is 1. The molecule has 1 fully saturated rings. The Morgan fingerprint density at radius 3 is 2.61 bits per heavy atom. The number of rotatable bonds is 2. The number of aryl methyl sites for hydroxylation is 2. The lowest BCUT2D eigenvalue weighted by molar-refractivity contribution is 0.0642. The van der Waals surface area contributed by atoms with E-state index < -0.39 is 0 Å². The lowest BCUT2D eigenvalue weighted by atomic mass is 10.0. The number of carbonyl (C=O) groups is 1. The quantitative estimate of drug-likeness (QED) is 0.866. The Morgan fingerprint density at radius 2 is 2.17 bits per heavy atom. The van der Waals surface area contributed by atoms with Crippen LogP contribution in [0.1, 0.15) is 49.8 Å². The Hall–Kier alpha value is -1.52. The van der Waals surface area contributed by atoms with Crippen molar-refractivity contribution in [1.29, 1.82) is 0 Å². The summed E-state index contributed by atoms with van der Waals surface area (Å²) in [5.74, 6) is 0.00435. The fourth-order valence-electron chi connectivity index (χ4n) is 2.72. The summed E-state index contributed by atoms with van der Waals surface area (Å²) in [5.41, 5.74) is 7.83. The Labute approximate surface area is 108 Å². The molecular formula is C13H22N4O. The minimum atomic E-state index is -0.0832. The van der Waals surface area contributed by atoms with Crippen LogP contribution in [0.5, 0.6) is 0 Å². The van der Waals surface area contributed by atoms with Crippen LogP contribution in [0.3, 0.4) is 0 Å². The van der Waals surface area contributed by atoms with Gasteiger partial charge in [-0.2, -0.15) is 5.10 Å². The molecule has 1 saturated heterocycles. The molecular weight excluding hydrogens is 228 g/mol. The van der Waals surface area contributed by atoms with Crippen molar-refractivity contribution in [3.8, 4) is 0 Å². The molecule has 0 spiro atoms. The van der Waals surface area contributed by atoms with E-state index in [0.29, 0.717) is 11.4 Å². The molecule has 5 nitrogen and oxygen atoms in total. The maximum Gasteiger partial charge on any atom is 0.274 e. The smallest absolute Gasteiger partial charge is 0.274 e. The first-order valence-electron chi connectivity index (χ1n) is 6.51. The Bertz CT molecular complexity index is 476. The van der Waals surface area contributed by atoms with Crippen molar-refractivity contribution in [3.63, 3.8) is 0 Å². The molecule has 1 amide bonds. The van der Waals surface area contributed by atoms with Gasteiger partial charge in [-0.25, -0.2) is 0 Å². The molecule has 0 aliphatic carbocycles. The average Bonchev–Trinajstić information content (AvgIpc) is 2.78. The summed E-state index contributed by atoms with van der Waals surface area (Å²) in [6.07, 6.45) is 2.84. The predicted molar refractivity (Wildman–Crippen MR) is 71.3 cm³/mol. The van der Waals surface area contributed by atoms with Crippen LogP contribution in [-0.2, 0) is 13.5 Å². The number of likely N-dealkylation sites (tertiary alicyclic amines) is 1. The number of amides is 1. The van der Waals surface area contributed by atoms with Gasteiger partial charge < -0.3 is 10.6 Å². The number of hydrogen-bond donors (Lipinski definition) is 1. The van der Waals surface area contributed by atoms with Crippen LogP contribution in [0.2, 0.25) is 0 Å². The number of carbonyl (C=O) groups excluding carboxylic acids is 1. The standard InChI is InChI=1S/C13H22N4O/c1-5-9-10(14)11(16(4)15-9)12(18)17-8-6-7-13(17,2)3/h5-8,14H2,1-4H3. The fourth-order valence-corrected chi connectivity index (χ4v) is 2.72. The van der Waals surface area contributed by atoms with E-state index in [1.165, 1.54) is 0 Å². The first-order chi connectivity index (χ1) is 8.38. The van der Waals surface area contributed by atoms with Gasteiger partial charge in [0.2, 0.25) is 0 Å². The highest BCUT2D eigenvalue weighted by molar-refractivity contribution is 5.98. The zero-order chi connectivity index (χ0) is 13.5. The number of nitrogens with zero attached hydrogens (tertiary/aromatic N) is 3. The maximum absolute atomic E-state index is 12.6. The number of hydrogen-bond acceptors (Lipinski definition) is 3. The van der Waals surface area contributed by atoms with Crippen molar-refractivity contribution in [2.45, 2.75) is 45.6 Å². The molecule has 2 rings (SSSR count). The van der Waals surface area contributed by atoms with Crippen molar-refractivity contribution >= 4 is 11.6 Å². The molecule has 18 heavy (non-hydrogen) atoms. The molecule has 1 aliphatic rings. The second-order valence-electron chi connectivity index (χ2n) is 5.56. The van der Waals surface area contributed by atoms with Crippen molar-refractivity contribution in [3.05, 3.63) is 11.4 Å². The summed E-state index contributed by atoms with van der Waals surface area (Å²) in [6.45, 7) is 7.00. The van der Waals surface area contributed by atoms with Crippen LogP contribution in [0.25, 0.3) is 0 Å². The van der Waals surface area contributed by atoms with Gasteiger partial charge in [0, 0.05) is 19.1 Å². The van der Waals surface area contributed by atoms with Crippen LogP contribution in [0.4, 0.5) is 5.69 Å². The molecule has 1 aromatic heterocycles. The monoisotopic (exact) mass is 250 g/mol. The minimum absolute atomic E-state index is 0.00435.